The Kier molecular flexibility index (Phi) is 8.43. The second-order valence-electron chi connectivity index (χ2n) is 5.63. The van der Waals surface area contributed by atoms with Gasteiger partial charge in [-0.25, -0.2) is 9.97 Å². The standard InChI is InChI=1S/C16H18F3N7OS.HI/c1-20-15(22-7-5-13-23-11(9-28-13)16(17,18)19)21-6-4-12-24-14(26-25-12)10-3-2-8-27-10;/h2-3,8-9H,4-7H2,1H3,(H2,20,21,22)(H,24,25,26);1H. The zero-order chi connectivity index (χ0) is 20.0. The molecule has 0 fully saturated rings. The Balaban J connectivity index is 0.00000300. The van der Waals surface area contributed by atoms with Crippen molar-refractivity contribution in [2.75, 3.05) is 20.1 Å². The smallest absolute Gasteiger partial charge is 0.434 e. The number of aromatic amines is 1. The van der Waals surface area contributed by atoms with Crippen LogP contribution < -0.4 is 10.6 Å². The summed E-state index contributed by atoms with van der Waals surface area (Å²) in [5, 5.41) is 14.5. The molecule has 0 radical (unpaired) electrons. The van der Waals surface area contributed by atoms with Crippen LogP contribution >= 0.6 is 35.3 Å². The summed E-state index contributed by atoms with van der Waals surface area (Å²) in [5.74, 6) is 2.31. The molecule has 0 saturated heterocycles. The van der Waals surface area contributed by atoms with E-state index in [0.717, 1.165) is 16.7 Å². The largest absolute Gasteiger partial charge is 0.461 e. The topological polar surface area (TPSA) is 104 Å². The van der Waals surface area contributed by atoms with Crippen LogP contribution in [0.2, 0.25) is 0 Å². The molecule has 29 heavy (non-hydrogen) atoms. The quantitative estimate of drug-likeness (QED) is 0.241. The fourth-order valence-corrected chi connectivity index (χ4v) is 3.09. The number of rotatable bonds is 7. The number of hydrogen-bond donors (Lipinski definition) is 3. The Hall–Kier alpha value is -2.16. The van der Waals surface area contributed by atoms with Gasteiger partial charge in [0.1, 0.15) is 5.82 Å². The van der Waals surface area contributed by atoms with E-state index >= 15 is 0 Å². The molecule has 13 heteroatoms. The third-order valence-corrected chi connectivity index (χ3v) is 4.53. The number of guanidine groups is 1. The van der Waals surface area contributed by atoms with E-state index in [1.807, 2.05) is 0 Å². The van der Waals surface area contributed by atoms with Crippen LogP contribution in [0.25, 0.3) is 11.6 Å². The lowest BCUT2D eigenvalue weighted by Crippen LogP contribution is -2.39. The predicted molar refractivity (Wildman–Crippen MR) is 113 cm³/mol. The molecular weight excluding hydrogens is 522 g/mol. The zero-order valence-electron chi connectivity index (χ0n) is 15.3. The first-order valence-electron chi connectivity index (χ1n) is 8.37. The summed E-state index contributed by atoms with van der Waals surface area (Å²) in [6.45, 7) is 0.956. The number of aliphatic imine (C=N–C) groups is 1. The van der Waals surface area contributed by atoms with Crippen LogP contribution in [0.3, 0.4) is 0 Å². The van der Waals surface area contributed by atoms with Crippen LogP contribution in [-0.2, 0) is 19.0 Å². The van der Waals surface area contributed by atoms with Gasteiger partial charge in [-0.05, 0) is 12.1 Å². The number of nitrogens with zero attached hydrogens (tertiary/aromatic N) is 4. The number of nitrogens with one attached hydrogen (secondary N) is 3. The van der Waals surface area contributed by atoms with E-state index in [1.54, 1.807) is 25.4 Å². The summed E-state index contributed by atoms with van der Waals surface area (Å²) >= 11 is 0.994. The highest BCUT2D eigenvalue weighted by atomic mass is 127. The molecule has 8 nitrogen and oxygen atoms in total. The van der Waals surface area contributed by atoms with Crippen molar-refractivity contribution in [2.45, 2.75) is 19.0 Å². The minimum Gasteiger partial charge on any atom is -0.461 e. The molecule has 3 N–H and O–H groups in total. The van der Waals surface area contributed by atoms with Crippen LogP contribution in [0.4, 0.5) is 13.2 Å². The average Bonchev–Trinajstić information content (AvgIpc) is 3.40. The fourth-order valence-electron chi connectivity index (χ4n) is 2.29. The van der Waals surface area contributed by atoms with Gasteiger partial charge < -0.3 is 15.1 Å². The summed E-state index contributed by atoms with van der Waals surface area (Å²) in [7, 11) is 1.62. The Morgan fingerprint density at radius 3 is 2.62 bits per heavy atom. The van der Waals surface area contributed by atoms with Crippen molar-refractivity contribution in [3.63, 3.8) is 0 Å². The van der Waals surface area contributed by atoms with E-state index in [4.69, 9.17) is 4.42 Å². The summed E-state index contributed by atoms with van der Waals surface area (Å²) in [6, 6.07) is 3.54. The monoisotopic (exact) mass is 541 g/mol. The molecule has 0 aliphatic carbocycles. The van der Waals surface area contributed by atoms with Crippen molar-refractivity contribution in [3.8, 4) is 11.6 Å². The Labute approximate surface area is 185 Å². The van der Waals surface area contributed by atoms with Crippen LogP contribution in [0.1, 0.15) is 16.5 Å². The molecule has 0 amide bonds. The molecule has 0 aromatic carbocycles. The highest BCUT2D eigenvalue weighted by Gasteiger charge is 2.33. The van der Waals surface area contributed by atoms with Gasteiger partial charge in [0, 0.05) is 38.4 Å². The maximum absolute atomic E-state index is 12.5. The first-order valence-corrected chi connectivity index (χ1v) is 9.25. The number of alkyl halides is 3. The molecule has 3 rings (SSSR count). The first kappa shape index (κ1) is 23.1. The van der Waals surface area contributed by atoms with Gasteiger partial charge in [0.2, 0.25) is 5.82 Å². The summed E-state index contributed by atoms with van der Waals surface area (Å²) < 4.78 is 42.9. The third kappa shape index (κ3) is 6.69. The summed E-state index contributed by atoms with van der Waals surface area (Å²) in [6.07, 6.45) is -1.90. The number of halogens is 4. The van der Waals surface area contributed by atoms with E-state index in [0.29, 0.717) is 54.3 Å². The van der Waals surface area contributed by atoms with E-state index in [-0.39, 0.29) is 24.0 Å². The van der Waals surface area contributed by atoms with Gasteiger partial charge in [0.15, 0.2) is 17.4 Å². The number of furan rings is 1. The minimum atomic E-state index is -4.41. The highest BCUT2D eigenvalue weighted by Crippen LogP contribution is 2.29. The molecule has 0 spiro atoms. The Morgan fingerprint density at radius 2 is 2.00 bits per heavy atom. The van der Waals surface area contributed by atoms with Crippen molar-refractivity contribution < 1.29 is 17.6 Å². The normalized spacial score (nSPS) is 11.9. The Bertz CT molecular complexity index is 908. The van der Waals surface area contributed by atoms with Crippen molar-refractivity contribution >= 4 is 41.3 Å². The molecule has 0 aliphatic rings. The maximum Gasteiger partial charge on any atom is 0.434 e. The van der Waals surface area contributed by atoms with Crippen molar-refractivity contribution in [3.05, 3.63) is 40.3 Å². The zero-order valence-corrected chi connectivity index (χ0v) is 18.4. The molecule has 0 aliphatic heterocycles. The van der Waals surface area contributed by atoms with Gasteiger partial charge in [0.25, 0.3) is 0 Å². The van der Waals surface area contributed by atoms with E-state index in [2.05, 4.69) is 35.8 Å². The lowest BCUT2D eigenvalue weighted by atomic mass is 10.4. The molecule has 0 atom stereocenters. The Morgan fingerprint density at radius 1 is 1.24 bits per heavy atom. The van der Waals surface area contributed by atoms with Crippen molar-refractivity contribution in [1.29, 1.82) is 0 Å². The highest BCUT2D eigenvalue weighted by molar-refractivity contribution is 14.0. The molecule has 158 valence electrons. The van der Waals surface area contributed by atoms with Crippen LogP contribution in [-0.4, -0.2) is 46.3 Å². The second-order valence-corrected chi connectivity index (χ2v) is 6.58. The average molecular weight is 541 g/mol. The fraction of sp³-hybridized carbons (Fsp3) is 0.375. The molecule has 0 saturated carbocycles. The van der Waals surface area contributed by atoms with E-state index in [1.165, 1.54) is 0 Å². The first-order chi connectivity index (χ1) is 13.5. The van der Waals surface area contributed by atoms with Gasteiger partial charge in [-0.1, -0.05) is 0 Å². The molecule has 3 aromatic rings. The molecule has 3 aromatic heterocycles. The van der Waals surface area contributed by atoms with Gasteiger partial charge in [-0.15, -0.1) is 35.3 Å². The number of thiazole rings is 1. The van der Waals surface area contributed by atoms with Crippen molar-refractivity contribution in [2.24, 2.45) is 4.99 Å². The number of hydrogen-bond acceptors (Lipinski definition) is 6. The maximum atomic E-state index is 12.5. The molecular formula is C16H19F3IN7OS. The molecule has 3 heterocycles. The number of aromatic nitrogens is 4. The van der Waals surface area contributed by atoms with Gasteiger partial charge >= 0.3 is 6.18 Å². The SMILES string of the molecule is CN=C(NCCc1nc(-c2ccco2)n[nH]1)NCCc1nc(C(F)(F)F)cs1.I. The third-order valence-electron chi connectivity index (χ3n) is 3.62. The lowest BCUT2D eigenvalue weighted by Gasteiger charge is -2.10. The van der Waals surface area contributed by atoms with Crippen LogP contribution in [0.5, 0.6) is 0 Å². The number of H-pyrrole nitrogens is 1. The molecule has 0 bridgehead atoms. The summed E-state index contributed by atoms with van der Waals surface area (Å²) in [4.78, 5) is 12.0. The van der Waals surface area contributed by atoms with Gasteiger partial charge in [0.05, 0.1) is 11.3 Å². The van der Waals surface area contributed by atoms with E-state index < -0.39 is 11.9 Å². The van der Waals surface area contributed by atoms with Crippen LogP contribution in [0.15, 0.2) is 33.2 Å². The lowest BCUT2D eigenvalue weighted by molar-refractivity contribution is -0.140. The minimum absolute atomic E-state index is 0. The van der Waals surface area contributed by atoms with Crippen LogP contribution in [0, 0.1) is 0 Å². The van der Waals surface area contributed by atoms with Gasteiger partial charge in [-0.3, -0.25) is 10.1 Å². The predicted octanol–water partition coefficient (Wildman–Crippen LogP) is 3.11. The van der Waals surface area contributed by atoms with Gasteiger partial charge in [-0.2, -0.15) is 18.3 Å². The second kappa shape index (κ2) is 10.6. The summed E-state index contributed by atoms with van der Waals surface area (Å²) in [5.41, 5.74) is -0.851. The van der Waals surface area contributed by atoms with E-state index in [9.17, 15) is 13.2 Å². The molecule has 0 unspecified atom stereocenters. The van der Waals surface area contributed by atoms with Crippen molar-refractivity contribution in [1.82, 2.24) is 30.8 Å².